The lowest BCUT2D eigenvalue weighted by Crippen LogP contribution is -2.13. The van der Waals surface area contributed by atoms with E-state index in [1.165, 1.54) is 0 Å². The molecule has 1 aromatic carbocycles. The van der Waals surface area contributed by atoms with E-state index in [0.717, 1.165) is 19.1 Å². The molecule has 18 heavy (non-hydrogen) atoms. The Morgan fingerprint density at radius 2 is 1.72 bits per heavy atom. The van der Waals surface area contributed by atoms with Crippen LogP contribution in [0.4, 0.5) is 5.69 Å². The van der Waals surface area contributed by atoms with E-state index in [4.69, 9.17) is 0 Å². The maximum atomic E-state index is 11.3. The molecule has 1 N–H and O–H groups in total. The molecule has 0 aromatic heterocycles. The summed E-state index contributed by atoms with van der Waals surface area (Å²) in [5, 5.41) is 3.23. The Morgan fingerprint density at radius 3 is 2.22 bits per heavy atom. The van der Waals surface area contributed by atoms with Gasteiger partial charge in [0.2, 0.25) is 0 Å². The summed E-state index contributed by atoms with van der Waals surface area (Å²) in [6.45, 7) is 2.29. The van der Waals surface area contributed by atoms with Crippen LogP contribution >= 0.6 is 47.8 Å². The molecule has 102 valence electrons. The maximum Gasteiger partial charge on any atom is 0.150 e. The van der Waals surface area contributed by atoms with Gasteiger partial charge in [0, 0.05) is 25.7 Å². The highest BCUT2D eigenvalue weighted by Gasteiger charge is 2.08. The fraction of sp³-hybridized carbons (Fsp3) is 0.455. The normalized spacial score (nSPS) is 11.6. The summed E-state index contributed by atoms with van der Waals surface area (Å²) in [6, 6.07) is 3.88. The summed E-state index contributed by atoms with van der Waals surface area (Å²) < 4.78 is 25.5. The minimum Gasteiger partial charge on any atom is -0.383 e. The van der Waals surface area contributed by atoms with Crippen molar-refractivity contribution in [3.63, 3.8) is 0 Å². The Morgan fingerprint density at radius 1 is 1.17 bits per heavy atom. The number of halogens is 3. The zero-order chi connectivity index (χ0) is 13.8. The number of rotatable bonds is 6. The van der Waals surface area contributed by atoms with E-state index in [9.17, 15) is 8.42 Å². The molecular formula is C11H14Br3NO2S. The number of nitrogens with one attached hydrogen (secondary N) is 1. The zero-order valence-corrected chi connectivity index (χ0v) is 15.4. The molecule has 0 spiro atoms. The van der Waals surface area contributed by atoms with Crippen LogP contribution in [0.5, 0.6) is 0 Å². The first-order valence-corrected chi connectivity index (χ1v) is 9.64. The van der Waals surface area contributed by atoms with Gasteiger partial charge in [0.15, 0.2) is 0 Å². The van der Waals surface area contributed by atoms with Crippen LogP contribution in [-0.2, 0) is 9.84 Å². The molecule has 3 nitrogen and oxygen atoms in total. The fourth-order valence-electron chi connectivity index (χ4n) is 1.36. The molecule has 0 aliphatic heterocycles. The SMILES string of the molecule is CCS(=O)(=O)CCCNc1c(Br)cc(Br)cc1Br. The van der Waals surface area contributed by atoms with Crippen molar-refractivity contribution >= 4 is 63.3 Å². The van der Waals surface area contributed by atoms with Crippen LogP contribution in [-0.4, -0.2) is 26.5 Å². The standard InChI is InChI=1S/C11H14Br3NO2S/c1-2-18(16,17)5-3-4-15-11-9(13)6-8(12)7-10(11)14/h6-7,15H,2-5H2,1H3. The zero-order valence-electron chi connectivity index (χ0n) is 9.84. The highest BCUT2D eigenvalue weighted by Crippen LogP contribution is 2.34. The molecule has 0 aliphatic carbocycles. The second-order valence-electron chi connectivity index (χ2n) is 3.76. The van der Waals surface area contributed by atoms with Gasteiger partial charge in [-0.3, -0.25) is 0 Å². The molecule has 0 saturated heterocycles. The van der Waals surface area contributed by atoms with Gasteiger partial charge in [-0.05, 0) is 50.4 Å². The van der Waals surface area contributed by atoms with E-state index in [1.807, 2.05) is 12.1 Å². The van der Waals surface area contributed by atoms with Gasteiger partial charge in [-0.2, -0.15) is 0 Å². The molecule has 7 heteroatoms. The van der Waals surface area contributed by atoms with Gasteiger partial charge in [-0.15, -0.1) is 0 Å². The molecule has 0 unspecified atom stereocenters. The first-order chi connectivity index (χ1) is 8.35. The monoisotopic (exact) mass is 461 g/mol. The van der Waals surface area contributed by atoms with Crippen molar-refractivity contribution in [1.82, 2.24) is 0 Å². The lowest BCUT2D eigenvalue weighted by molar-refractivity contribution is 0.595. The molecular weight excluding hydrogens is 450 g/mol. The average molecular weight is 464 g/mol. The van der Waals surface area contributed by atoms with Crippen molar-refractivity contribution in [3.05, 3.63) is 25.6 Å². The average Bonchev–Trinajstić information content (AvgIpc) is 2.26. The molecule has 0 radical (unpaired) electrons. The Hall–Kier alpha value is 0.410. The van der Waals surface area contributed by atoms with Gasteiger partial charge in [-0.25, -0.2) is 8.42 Å². The smallest absolute Gasteiger partial charge is 0.150 e. The van der Waals surface area contributed by atoms with Crippen LogP contribution in [0.15, 0.2) is 25.6 Å². The van der Waals surface area contributed by atoms with E-state index in [-0.39, 0.29) is 11.5 Å². The predicted octanol–water partition coefficient (Wildman–Crippen LogP) is 4.21. The van der Waals surface area contributed by atoms with Gasteiger partial charge in [0.25, 0.3) is 0 Å². The summed E-state index contributed by atoms with van der Waals surface area (Å²) in [4.78, 5) is 0. The number of hydrogen-bond donors (Lipinski definition) is 1. The quantitative estimate of drug-likeness (QED) is 0.643. The van der Waals surface area contributed by atoms with Gasteiger partial charge in [-0.1, -0.05) is 22.9 Å². The Balaban J connectivity index is 2.55. The summed E-state index contributed by atoms with van der Waals surface area (Å²) in [7, 11) is -2.87. The highest BCUT2D eigenvalue weighted by atomic mass is 79.9. The largest absolute Gasteiger partial charge is 0.383 e. The minimum absolute atomic E-state index is 0.207. The van der Waals surface area contributed by atoms with Gasteiger partial charge in [0.05, 0.1) is 11.4 Å². The molecule has 1 rings (SSSR count). The molecule has 0 amide bonds. The third-order valence-corrected chi connectivity index (χ3v) is 5.88. The predicted molar refractivity (Wildman–Crippen MR) is 87.0 cm³/mol. The van der Waals surface area contributed by atoms with Crippen LogP contribution < -0.4 is 5.32 Å². The molecule has 0 fully saturated rings. The first-order valence-electron chi connectivity index (χ1n) is 5.44. The molecule has 1 aromatic rings. The number of benzene rings is 1. The van der Waals surface area contributed by atoms with Crippen molar-refractivity contribution in [3.8, 4) is 0 Å². The maximum absolute atomic E-state index is 11.3. The molecule has 0 atom stereocenters. The number of hydrogen-bond acceptors (Lipinski definition) is 3. The highest BCUT2D eigenvalue weighted by molar-refractivity contribution is 9.11. The van der Waals surface area contributed by atoms with Crippen LogP contribution in [0.2, 0.25) is 0 Å². The first kappa shape index (κ1) is 16.5. The topological polar surface area (TPSA) is 46.2 Å². The Labute approximate surface area is 133 Å². The summed E-state index contributed by atoms with van der Waals surface area (Å²) in [5.41, 5.74) is 0.937. The van der Waals surface area contributed by atoms with Gasteiger partial charge in [0.1, 0.15) is 9.84 Å². The van der Waals surface area contributed by atoms with Crippen molar-refractivity contribution in [2.24, 2.45) is 0 Å². The fourth-order valence-corrected chi connectivity index (χ4v) is 4.77. The lowest BCUT2D eigenvalue weighted by Gasteiger charge is -2.11. The summed E-state index contributed by atoms with van der Waals surface area (Å²) in [5.74, 6) is 0.431. The minimum atomic E-state index is -2.87. The second kappa shape index (κ2) is 7.26. The number of sulfone groups is 1. The Kier molecular flexibility index (Phi) is 6.64. The third kappa shape index (κ3) is 5.19. The van der Waals surface area contributed by atoms with Crippen molar-refractivity contribution in [2.45, 2.75) is 13.3 Å². The lowest BCUT2D eigenvalue weighted by atomic mass is 10.3. The molecule has 0 saturated carbocycles. The van der Waals surface area contributed by atoms with Crippen molar-refractivity contribution in [1.29, 1.82) is 0 Å². The number of anilines is 1. The van der Waals surface area contributed by atoms with Crippen LogP contribution in [0.1, 0.15) is 13.3 Å². The second-order valence-corrected chi connectivity index (χ2v) is 8.86. The van der Waals surface area contributed by atoms with Crippen LogP contribution in [0.3, 0.4) is 0 Å². The van der Waals surface area contributed by atoms with E-state index in [0.29, 0.717) is 13.0 Å². The van der Waals surface area contributed by atoms with E-state index in [2.05, 4.69) is 53.1 Å². The van der Waals surface area contributed by atoms with Crippen molar-refractivity contribution in [2.75, 3.05) is 23.4 Å². The van der Waals surface area contributed by atoms with Crippen LogP contribution in [0.25, 0.3) is 0 Å². The van der Waals surface area contributed by atoms with Crippen molar-refractivity contribution < 1.29 is 8.42 Å². The summed E-state index contributed by atoms with van der Waals surface area (Å²) in [6.07, 6.45) is 0.602. The summed E-state index contributed by atoms with van der Waals surface area (Å²) >= 11 is 10.3. The molecule has 0 aliphatic rings. The van der Waals surface area contributed by atoms with E-state index < -0.39 is 9.84 Å². The molecule has 0 heterocycles. The van der Waals surface area contributed by atoms with E-state index >= 15 is 0 Å². The van der Waals surface area contributed by atoms with E-state index in [1.54, 1.807) is 6.92 Å². The molecule has 0 bridgehead atoms. The van der Waals surface area contributed by atoms with Gasteiger partial charge >= 0.3 is 0 Å². The van der Waals surface area contributed by atoms with Crippen LogP contribution in [0, 0.1) is 0 Å². The third-order valence-electron chi connectivity index (χ3n) is 2.38. The Bertz CT molecular complexity index is 494. The van der Waals surface area contributed by atoms with Gasteiger partial charge < -0.3 is 5.32 Å².